The van der Waals surface area contributed by atoms with Gasteiger partial charge in [-0.25, -0.2) is 4.39 Å². The Hall–Kier alpha value is -1.74. The summed E-state index contributed by atoms with van der Waals surface area (Å²) in [4.78, 5) is 0. The Morgan fingerprint density at radius 2 is 2.00 bits per heavy atom. The van der Waals surface area contributed by atoms with Gasteiger partial charge in [-0.15, -0.1) is 0 Å². The average Bonchev–Trinajstić information content (AvgIpc) is 2.34. The summed E-state index contributed by atoms with van der Waals surface area (Å²) in [6.45, 7) is 2.20. The molecule has 0 aromatic heterocycles. The van der Waals surface area contributed by atoms with Crippen molar-refractivity contribution in [2.75, 3.05) is 5.73 Å². The van der Waals surface area contributed by atoms with Crippen LogP contribution in [0.2, 0.25) is 5.02 Å². The Balaban J connectivity index is 2.11. The van der Waals surface area contributed by atoms with Crippen LogP contribution in [0.4, 0.5) is 10.1 Å². The molecular weight excluding hydrogens is 253 g/mol. The molecule has 0 aliphatic heterocycles. The molecule has 2 aromatic rings. The lowest BCUT2D eigenvalue weighted by molar-refractivity contribution is 0.303. The first-order valence-corrected chi connectivity index (χ1v) is 5.87. The molecule has 0 saturated heterocycles. The molecule has 4 heteroatoms. The van der Waals surface area contributed by atoms with E-state index in [1.165, 1.54) is 12.1 Å². The Morgan fingerprint density at radius 3 is 2.72 bits per heavy atom. The second-order valence-electron chi connectivity index (χ2n) is 4.05. The summed E-state index contributed by atoms with van der Waals surface area (Å²) in [6.07, 6.45) is 0. The van der Waals surface area contributed by atoms with Gasteiger partial charge in [-0.2, -0.15) is 0 Å². The fourth-order valence-corrected chi connectivity index (χ4v) is 1.71. The molecule has 0 heterocycles. The monoisotopic (exact) mass is 265 g/mol. The predicted octanol–water partition coefficient (Wildman–Crippen LogP) is 3.95. The van der Waals surface area contributed by atoms with Crippen LogP contribution in [0, 0.1) is 12.7 Å². The molecule has 0 spiro atoms. The summed E-state index contributed by atoms with van der Waals surface area (Å²) in [6, 6.07) is 10.0. The van der Waals surface area contributed by atoms with Crippen molar-refractivity contribution in [3.8, 4) is 5.75 Å². The van der Waals surface area contributed by atoms with Crippen molar-refractivity contribution in [2.24, 2.45) is 0 Å². The van der Waals surface area contributed by atoms with Gasteiger partial charge in [-0.1, -0.05) is 23.7 Å². The smallest absolute Gasteiger partial charge is 0.146 e. The van der Waals surface area contributed by atoms with Crippen molar-refractivity contribution in [3.05, 3.63) is 58.4 Å². The zero-order valence-electron chi connectivity index (χ0n) is 9.91. The number of hydrogen-bond acceptors (Lipinski definition) is 2. The number of rotatable bonds is 3. The van der Waals surface area contributed by atoms with E-state index in [1.54, 1.807) is 18.2 Å². The highest BCUT2D eigenvalue weighted by Crippen LogP contribution is 2.23. The lowest BCUT2D eigenvalue weighted by Crippen LogP contribution is -1.99. The van der Waals surface area contributed by atoms with Crippen molar-refractivity contribution < 1.29 is 9.13 Å². The minimum Gasteiger partial charge on any atom is -0.489 e. The molecule has 0 unspecified atom stereocenters. The number of ether oxygens (including phenoxy) is 1. The summed E-state index contributed by atoms with van der Waals surface area (Å²) in [7, 11) is 0. The largest absolute Gasteiger partial charge is 0.489 e. The SMILES string of the molecule is Cc1ccc(Cl)cc1OCc1ccc(N)c(F)c1. The lowest BCUT2D eigenvalue weighted by atomic mass is 10.2. The zero-order valence-corrected chi connectivity index (χ0v) is 10.7. The van der Waals surface area contributed by atoms with Crippen molar-refractivity contribution in [1.82, 2.24) is 0 Å². The van der Waals surface area contributed by atoms with Gasteiger partial charge < -0.3 is 10.5 Å². The molecule has 94 valence electrons. The molecule has 0 saturated carbocycles. The van der Waals surface area contributed by atoms with Crippen LogP contribution in [0.3, 0.4) is 0 Å². The number of anilines is 1. The van der Waals surface area contributed by atoms with Crippen LogP contribution < -0.4 is 10.5 Å². The fraction of sp³-hybridized carbons (Fsp3) is 0.143. The molecular formula is C14H13ClFNO. The highest BCUT2D eigenvalue weighted by Gasteiger charge is 2.03. The van der Waals surface area contributed by atoms with Crippen molar-refractivity contribution >= 4 is 17.3 Å². The van der Waals surface area contributed by atoms with Crippen LogP contribution in [0.5, 0.6) is 5.75 Å². The number of halogens is 2. The van der Waals surface area contributed by atoms with Crippen LogP contribution in [-0.4, -0.2) is 0 Å². The van der Waals surface area contributed by atoms with Gasteiger partial charge in [-0.3, -0.25) is 0 Å². The normalized spacial score (nSPS) is 10.4. The Morgan fingerprint density at radius 1 is 1.22 bits per heavy atom. The van der Waals surface area contributed by atoms with Gasteiger partial charge in [-0.05, 0) is 42.3 Å². The predicted molar refractivity (Wildman–Crippen MR) is 71.3 cm³/mol. The average molecular weight is 266 g/mol. The van der Waals surface area contributed by atoms with Crippen LogP contribution in [0.15, 0.2) is 36.4 Å². The maximum Gasteiger partial charge on any atom is 0.146 e. The molecule has 2 rings (SSSR count). The van der Waals surface area contributed by atoms with Gasteiger partial charge in [0, 0.05) is 5.02 Å². The van der Waals surface area contributed by atoms with E-state index >= 15 is 0 Å². The second kappa shape index (κ2) is 5.27. The third kappa shape index (κ3) is 2.93. The highest BCUT2D eigenvalue weighted by atomic mass is 35.5. The third-order valence-corrected chi connectivity index (χ3v) is 2.84. The molecule has 2 aromatic carbocycles. The summed E-state index contributed by atoms with van der Waals surface area (Å²) in [5.74, 6) is 0.263. The van der Waals surface area contributed by atoms with Crippen LogP contribution in [0.1, 0.15) is 11.1 Å². The summed E-state index contributed by atoms with van der Waals surface area (Å²) in [5, 5.41) is 0.610. The lowest BCUT2D eigenvalue weighted by Gasteiger charge is -2.10. The van der Waals surface area contributed by atoms with E-state index in [1.807, 2.05) is 13.0 Å². The van der Waals surface area contributed by atoms with E-state index in [2.05, 4.69) is 0 Å². The van der Waals surface area contributed by atoms with E-state index in [-0.39, 0.29) is 12.3 Å². The van der Waals surface area contributed by atoms with E-state index in [0.29, 0.717) is 10.8 Å². The van der Waals surface area contributed by atoms with Crippen molar-refractivity contribution in [2.45, 2.75) is 13.5 Å². The highest BCUT2D eigenvalue weighted by molar-refractivity contribution is 6.30. The molecule has 0 amide bonds. The van der Waals surface area contributed by atoms with Crippen molar-refractivity contribution in [1.29, 1.82) is 0 Å². The summed E-state index contributed by atoms with van der Waals surface area (Å²) >= 11 is 5.89. The first-order valence-electron chi connectivity index (χ1n) is 5.49. The first-order chi connectivity index (χ1) is 8.56. The second-order valence-corrected chi connectivity index (χ2v) is 4.49. The minimum absolute atomic E-state index is 0.137. The molecule has 0 aliphatic rings. The van der Waals surface area contributed by atoms with Gasteiger partial charge in [0.25, 0.3) is 0 Å². The number of aryl methyl sites for hydroxylation is 1. The molecule has 0 radical (unpaired) electrons. The standard InChI is InChI=1S/C14H13ClFNO/c1-9-2-4-11(15)7-14(9)18-8-10-3-5-13(17)12(16)6-10/h2-7H,8,17H2,1H3. The van der Waals surface area contributed by atoms with Gasteiger partial charge in [0.2, 0.25) is 0 Å². The van der Waals surface area contributed by atoms with Gasteiger partial charge in [0.15, 0.2) is 0 Å². The van der Waals surface area contributed by atoms with Crippen molar-refractivity contribution in [3.63, 3.8) is 0 Å². The summed E-state index contributed by atoms with van der Waals surface area (Å²) in [5.41, 5.74) is 7.25. The van der Waals surface area contributed by atoms with Crippen LogP contribution in [0.25, 0.3) is 0 Å². The zero-order chi connectivity index (χ0) is 13.1. The molecule has 0 fully saturated rings. The summed E-state index contributed by atoms with van der Waals surface area (Å²) < 4.78 is 18.9. The maximum absolute atomic E-state index is 13.2. The minimum atomic E-state index is -0.432. The molecule has 2 N–H and O–H groups in total. The molecule has 2 nitrogen and oxygen atoms in total. The van der Waals surface area contributed by atoms with Gasteiger partial charge >= 0.3 is 0 Å². The van der Waals surface area contributed by atoms with E-state index < -0.39 is 5.82 Å². The quantitative estimate of drug-likeness (QED) is 0.853. The maximum atomic E-state index is 13.2. The third-order valence-electron chi connectivity index (χ3n) is 2.61. The van der Waals surface area contributed by atoms with Crippen LogP contribution >= 0.6 is 11.6 Å². The molecule has 0 aliphatic carbocycles. The Bertz CT molecular complexity index is 572. The van der Waals surface area contributed by atoms with Gasteiger partial charge in [0.05, 0.1) is 5.69 Å². The molecule has 0 bridgehead atoms. The van der Waals surface area contributed by atoms with E-state index in [0.717, 1.165) is 11.1 Å². The number of benzene rings is 2. The van der Waals surface area contributed by atoms with Crippen LogP contribution in [-0.2, 0) is 6.61 Å². The fourth-order valence-electron chi connectivity index (χ4n) is 1.55. The number of nitrogen functional groups attached to an aromatic ring is 1. The topological polar surface area (TPSA) is 35.2 Å². The Kier molecular flexibility index (Phi) is 3.72. The molecule has 18 heavy (non-hydrogen) atoms. The number of hydrogen-bond donors (Lipinski definition) is 1. The molecule has 0 atom stereocenters. The first kappa shape index (κ1) is 12.7. The Labute approximate surface area is 110 Å². The van der Waals surface area contributed by atoms with Gasteiger partial charge in [0.1, 0.15) is 18.2 Å². The number of nitrogens with two attached hydrogens (primary N) is 1. The van der Waals surface area contributed by atoms with E-state index in [4.69, 9.17) is 22.1 Å². The van der Waals surface area contributed by atoms with E-state index in [9.17, 15) is 4.39 Å².